The largest absolute Gasteiger partial charge is 0.348 e. The van der Waals surface area contributed by atoms with Crippen LogP contribution in [-0.4, -0.2) is 36.5 Å². The van der Waals surface area contributed by atoms with Crippen LogP contribution < -0.4 is 11.1 Å². The first-order valence-corrected chi connectivity index (χ1v) is 8.80. The van der Waals surface area contributed by atoms with Crippen molar-refractivity contribution >= 4 is 18.3 Å². The van der Waals surface area contributed by atoms with Gasteiger partial charge in [-0.25, -0.2) is 0 Å². The highest BCUT2D eigenvalue weighted by atomic mass is 35.5. The third-order valence-corrected chi connectivity index (χ3v) is 4.50. The highest BCUT2D eigenvalue weighted by molar-refractivity contribution is 5.85. The predicted molar refractivity (Wildman–Crippen MR) is 102 cm³/mol. The molecule has 1 saturated heterocycles. The molecule has 1 aromatic rings. The molecular weight excluding hydrogens is 322 g/mol. The number of halogens is 1. The lowest BCUT2D eigenvalue weighted by Gasteiger charge is -2.29. The zero-order valence-electron chi connectivity index (χ0n) is 15.1. The van der Waals surface area contributed by atoms with E-state index in [-0.39, 0.29) is 24.4 Å². The number of nitrogens with zero attached hydrogens (tertiary/aromatic N) is 1. The summed E-state index contributed by atoms with van der Waals surface area (Å²) in [6, 6.07) is 8.94. The van der Waals surface area contributed by atoms with Crippen molar-refractivity contribution in [2.24, 2.45) is 11.7 Å². The van der Waals surface area contributed by atoms with Crippen molar-refractivity contribution in [3.8, 4) is 0 Å². The van der Waals surface area contributed by atoms with Crippen LogP contribution in [0.4, 0.5) is 0 Å². The third-order valence-electron chi connectivity index (χ3n) is 4.50. The molecule has 0 radical (unpaired) electrons. The summed E-state index contributed by atoms with van der Waals surface area (Å²) in [5.41, 5.74) is 8.41. The standard InChI is InChI=1S/C19H31N3O.ClH/c1-14(2)12-16-4-6-17(7-5-16)15(3)21-19(23)13-22-10-8-18(20)9-11-22;/h4-7,14-15,18H,8-13,20H2,1-3H3,(H,21,23);1H. The summed E-state index contributed by atoms with van der Waals surface area (Å²) in [7, 11) is 0. The van der Waals surface area contributed by atoms with E-state index in [9.17, 15) is 4.79 Å². The molecule has 136 valence electrons. The minimum Gasteiger partial charge on any atom is -0.348 e. The Morgan fingerprint density at radius 3 is 2.33 bits per heavy atom. The Morgan fingerprint density at radius 1 is 1.21 bits per heavy atom. The van der Waals surface area contributed by atoms with Crippen LogP contribution in [0.1, 0.15) is 50.8 Å². The number of benzene rings is 1. The second kappa shape index (κ2) is 10.0. The van der Waals surface area contributed by atoms with Gasteiger partial charge >= 0.3 is 0 Å². The van der Waals surface area contributed by atoms with E-state index in [0.717, 1.165) is 37.9 Å². The van der Waals surface area contributed by atoms with Crippen LogP contribution in [0.15, 0.2) is 24.3 Å². The van der Waals surface area contributed by atoms with Crippen LogP contribution in [0.2, 0.25) is 0 Å². The molecule has 0 aliphatic carbocycles. The van der Waals surface area contributed by atoms with Crippen molar-refractivity contribution < 1.29 is 4.79 Å². The Bertz CT molecular complexity index is 496. The summed E-state index contributed by atoms with van der Waals surface area (Å²) in [6.45, 7) is 8.82. The van der Waals surface area contributed by atoms with Gasteiger partial charge in [0.2, 0.25) is 5.91 Å². The highest BCUT2D eigenvalue weighted by Gasteiger charge is 2.19. The monoisotopic (exact) mass is 353 g/mol. The van der Waals surface area contributed by atoms with E-state index in [4.69, 9.17) is 5.73 Å². The number of rotatable bonds is 6. The van der Waals surface area contributed by atoms with Crippen LogP contribution in [0, 0.1) is 5.92 Å². The molecule has 1 heterocycles. The lowest BCUT2D eigenvalue weighted by Crippen LogP contribution is -2.44. The SMILES string of the molecule is CC(C)Cc1ccc(C(C)NC(=O)CN2CCC(N)CC2)cc1.Cl. The van der Waals surface area contributed by atoms with Gasteiger partial charge in [0.25, 0.3) is 0 Å². The molecule has 1 aliphatic rings. The fourth-order valence-corrected chi connectivity index (χ4v) is 3.10. The van der Waals surface area contributed by atoms with Crippen molar-refractivity contribution in [3.05, 3.63) is 35.4 Å². The van der Waals surface area contributed by atoms with Gasteiger partial charge < -0.3 is 11.1 Å². The average Bonchev–Trinajstić information content (AvgIpc) is 2.49. The van der Waals surface area contributed by atoms with Crippen molar-refractivity contribution in [3.63, 3.8) is 0 Å². The molecule has 1 aromatic carbocycles. The van der Waals surface area contributed by atoms with E-state index in [1.807, 2.05) is 6.92 Å². The molecule has 4 nitrogen and oxygen atoms in total. The number of hydrogen-bond donors (Lipinski definition) is 2. The summed E-state index contributed by atoms with van der Waals surface area (Å²) in [6.07, 6.45) is 3.07. The maximum absolute atomic E-state index is 12.2. The molecule has 3 N–H and O–H groups in total. The minimum atomic E-state index is 0. The second-order valence-corrected chi connectivity index (χ2v) is 7.24. The van der Waals surface area contributed by atoms with Gasteiger partial charge in [0.15, 0.2) is 0 Å². The molecule has 2 rings (SSSR count). The molecule has 1 aliphatic heterocycles. The normalized spacial score (nSPS) is 17.4. The molecule has 1 fully saturated rings. The van der Waals surface area contributed by atoms with Gasteiger partial charge in [-0.1, -0.05) is 38.1 Å². The molecule has 0 spiro atoms. The minimum absolute atomic E-state index is 0. The van der Waals surface area contributed by atoms with Gasteiger partial charge in [-0.15, -0.1) is 12.4 Å². The Balaban J connectivity index is 0.00000288. The highest BCUT2D eigenvalue weighted by Crippen LogP contribution is 2.16. The number of carbonyl (C=O) groups is 1. The first-order valence-electron chi connectivity index (χ1n) is 8.80. The Labute approximate surface area is 152 Å². The topological polar surface area (TPSA) is 58.4 Å². The Hall–Kier alpha value is -1.10. The molecular formula is C19H32ClN3O. The van der Waals surface area contributed by atoms with E-state index < -0.39 is 0 Å². The lowest BCUT2D eigenvalue weighted by atomic mass is 10.00. The van der Waals surface area contributed by atoms with Crippen molar-refractivity contribution in [1.82, 2.24) is 10.2 Å². The third kappa shape index (κ3) is 6.80. The van der Waals surface area contributed by atoms with Crippen molar-refractivity contribution in [2.45, 2.75) is 52.1 Å². The summed E-state index contributed by atoms with van der Waals surface area (Å²) < 4.78 is 0. The van der Waals surface area contributed by atoms with Crippen molar-refractivity contribution in [2.75, 3.05) is 19.6 Å². The summed E-state index contributed by atoms with van der Waals surface area (Å²) in [5, 5.41) is 3.10. The van der Waals surface area contributed by atoms with Crippen LogP contribution in [-0.2, 0) is 11.2 Å². The smallest absolute Gasteiger partial charge is 0.234 e. The number of hydrogen-bond acceptors (Lipinski definition) is 3. The quantitative estimate of drug-likeness (QED) is 0.826. The van der Waals surface area contributed by atoms with Gasteiger partial charge in [-0.05, 0) is 43.2 Å². The Kier molecular flexibility index (Phi) is 8.74. The zero-order valence-corrected chi connectivity index (χ0v) is 15.9. The fourth-order valence-electron chi connectivity index (χ4n) is 3.10. The number of amides is 1. The second-order valence-electron chi connectivity index (χ2n) is 7.24. The number of piperidine rings is 1. The fraction of sp³-hybridized carbons (Fsp3) is 0.632. The van der Waals surface area contributed by atoms with Crippen LogP contribution in [0.25, 0.3) is 0 Å². The molecule has 1 amide bonds. The van der Waals surface area contributed by atoms with E-state index >= 15 is 0 Å². The van der Waals surface area contributed by atoms with Gasteiger partial charge in [-0.2, -0.15) is 0 Å². The van der Waals surface area contributed by atoms with E-state index in [2.05, 4.69) is 48.3 Å². The number of likely N-dealkylation sites (tertiary alicyclic amines) is 1. The lowest BCUT2D eigenvalue weighted by molar-refractivity contribution is -0.123. The Morgan fingerprint density at radius 2 is 1.79 bits per heavy atom. The summed E-state index contributed by atoms with van der Waals surface area (Å²) in [4.78, 5) is 14.4. The van der Waals surface area contributed by atoms with Crippen LogP contribution in [0.5, 0.6) is 0 Å². The molecule has 1 atom stereocenters. The number of carbonyl (C=O) groups excluding carboxylic acids is 1. The predicted octanol–water partition coefficient (Wildman–Crippen LogP) is 2.91. The van der Waals surface area contributed by atoms with Gasteiger partial charge in [0, 0.05) is 19.1 Å². The summed E-state index contributed by atoms with van der Waals surface area (Å²) in [5.74, 6) is 0.759. The van der Waals surface area contributed by atoms with Gasteiger partial charge in [0.1, 0.15) is 0 Å². The maximum atomic E-state index is 12.2. The molecule has 0 aromatic heterocycles. The molecule has 0 saturated carbocycles. The van der Waals surface area contributed by atoms with Gasteiger partial charge in [-0.3, -0.25) is 9.69 Å². The van der Waals surface area contributed by atoms with E-state index in [1.165, 1.54) is 5.56 Å². The van der Waals surface area contributed by atoms with Crippen molar-refractivity contribution in [1.29, 1.82) is 0 Å². The average molecular weight is 354 g/mol. The molecule has 5 heteroatoms. The molecule has 24 heavy (non-hydrogen) atoms. The van der Waals surface area contributed by atoms with E-state index in [1.54, 1.807) is 0 Å². The molecule has 0 bridgehead atoms. The molecule has 1 unspecified atom stereocenters. The first-order chi connectivity index (χ1) is 10.9. The number of nitrogens with two attached hydrogens (primary N) is 1. The maximum Gasteiger partial charge on any atom is 0.234 e. The van der Waals surface area contributed by atoms with Crippen LogP contribution >= 0.6 is 12.4 Å². The van der Waals surface area contributed by atoms with Crippen LogP contribution in [0.3, 0.4) is 0 Å². The zero-order chi connectivity index (χ0) is 16.8. The first kappa shape index (κ1) is 20.9. The summed E-state index contributed by atoms with van der Waals surface area (Å²) >= 11 is 0. The number of nitrogens with one attached hydrogen (secondary N) is 1. The van der Waals surface area contributed by atoms with Gasteiger partial charge in [0.05, 0.1) is 12.6 Å². The van der Waals surface area contributed by atoms with E-state index in [0.29, 0.717) is 18.5 Å².